The van der Waals surface area contributed by atoms with Crippen LogP contribution in [0.1, 0.15) is 10.4 Å². The van der Waals surface area contributed by atoms with Crippen molar-refractivity contribution in [3.05, 3.63) is 29.8 Å². The molecule has 0 aliphatic carbocycles. The molecular formula is C10H11F3N2O3S. The standard InChI is InChI=1S/C10H11F3N2O3S/c1-19(17,18)15-8-5-3-2-4-7(8)9(16)14-6-10(11,12)13/h2-5,15H,6H2,1H3,(H,14,16). The van der Waals surface area contributed by atoms with E-state index in [0.717, 1.165) is 6.26 Å². The number of halogens is 3. The minimum atomic E-state index is -4.53. The molecule has 0 fully saturated rings. The number of amides is 1. The number of hydrogen-bond acceptors (Lipinski definition) is 3. The molecule has 1 aromatic carbocycles. The van der Waals surface area contributed by atoms with Crippen LogP contribution in [0.25, 0.3) is 0 Å². The van der Waals surface area contributed by atoms with Crippen molar-refractivity contribution in [2.75, 3.05) is 17.5 Å². The van der Waals surface area contributed by atoms with E-state index in [2.05, 4.69) is 4.72 Å². The number of carbonyl (C=O) groups is 1. The molecule has 0 spiro atoms. The lowest BCUT2D eigenvalue weighted by atomic mass is 10.1. The van der Waals surface area contributed by atoms with Crippen molar-refractivity contribution in [2.24, 2.45) is 0 Å². The molecule has 5 nitrogen and oxygen atoms in total. The fourth-order valence-corrected chi connectivity index (χ4v) is 1.82. The van der Waals surface area contributed by atoms with Gasteiger partial charge in [0.05, 0.1) is 17.5 Å². The van der Waals surface area contributed by atoms with Crippen molar-refractivity contribution in [1.82, 2.24) is 5.32 Å². The highest BCUT2D eigenvalue weighted by Crippen LogP contribution is 2.17. The molecule has 9 heteroatoms. The summed E-state index contributed by atoms with van der Waals surface area (Å²) in [6.07, 6.45) is -3.66. The first-order chi connectivity index (χ1) is 8.58. The molecule has 0 aromatic heterocycles. The number of alkyl halides is 3. The van der Waals surface area contributed by atoms with Crippen molar-refractivity contribution < 1.29 is 26.4 Å². The largest absolute Gasteiger partial charge is 0.405 e. The number of anilines is 1. The van der Waals surface area contributed by atoms with Gasteiger partial charge in [0, 0.05) is 0 Å². The summed E-state index contributed by atoms with van der Waals surface area (Å²) in [6, 6.07) is 5.37. The zero-order valence-corrected chi connectivity index (χ0v) is 10.6. The highest BCUT2D eigenvalue weighted by atomic mass is 32.2. The van der Waals surface area contributed by atoms with Crippen molar-refractivity contribution in [2.45, 2.75) is 6.18 Å². The maximum absolute atomic E-state index is 12.0. The predicted octanol–water partition coefficient (Wildman–Crippen LogP) is 1.35. The van der Waals surface area contributed by atoms with E-state index in [4.69, 9.17) is 0 Å². The Bertz CT molecular complexity index is 570. The third-order valence-electron chi connectivity index (χ3n) is 1.92. The van der Waals surface area contributed by atoms with Gasteiger partial charge in [0.15, 0.2) is 0 Å². The van der Waals surface area contributed by atoms with E-state index in [1.54, 1.807) is 5.32 Å². The topological polar surface area (TPSA) is 75.3 Å². The van der Waals surface area contributed by atoms with Crippen molar-refractivity contribution >= 4 is 21.6 Å². The molecule has 0 radical (unpaired) electrons. The van der Waals surface area contributed by atoms with Crippen LogP contribution in [0.2, 0.25) is 0 Å². The SMILES string of the molecule is CS(=O)(=O)Nc1ccccc1C(=O)NCC(F)(F)F. The van der Waals surface area contributed by atoms with Gasteiger partial charge in [-0.3, -0.25) is 9.52 Å². The van der Waals surface area contributed by atoms with Crippen LogP contribution in [-0.2, 0) is 10.0 Å². The second-order valence-electron chi connectivity index (χ2n) is 3.72. The van der Waals surface area contributed by atoms with Gasteiger partial charge >= 0.3 is 6.18 Å². The van der Waals surface area contributed by atoms with E-state index in [1.807, 2.05) is 0 Å². The number of sulfonamides is 1. The second-order valence-corrected chi connectivity index (χ2v) is 5.47. The summed E-state index contributed by atoms with van der Waals surface area (Å²) >= 11 is 0. The summed E-state index contributed by atoms with van der Waals surface area (Å²) in [5.74, 6) is -1.01. The molecule has 19 heavy (non-hydrogen) atoms. The van der Waals surface area contributed by atoms with Gasteiger partial charge in [0.1, 0.15) is 6.54 Å². The molecule has 0 atom stereocenters. The average molecular weight is 296 g/mol. The molecule has 1 aromatic rings. The second kappa shape index (κ2) is 5.47. The molecule has 106 valence electrons. The van der Waals surface area contributed by atoms with Gasteiger partial charge in [-0.05, 0) is 12.1 Å². The van der Waals surface area contributed by atoms with Crippen LogP contribution in [0.3, 0.4) is 0 Å². The van der Waals surface area contributed by atoms with E-state index in [1.165, 1.54) is 24.3 Å². The van der Waals surface area contributed by atoms with Crippen molar-refractivity contribution in [3.63, 3.8) is 0 Å². The monoisotopic (exact) mass is 296 g/mol. The Morgan fingerprint density at radius 2 is 1.84 bits per heavy atom. The molecule has 0 aliphatic heterocycles. The summed E-state index contributed by atoms with van der Waals surface area (Å²) in [7, 11) is -3.63. The molecule has 0 aliphatic rings. The lowest BCUT2D eigenvalue weighted by Crippen LogP contribution is -2.34. The van der Waals surface area contributed by atoms with Gasteiger partial charge in [-0.1, -0.05) is 12.1 Å². The molecule has 1 rings (SSSR count). The summed E-state index contributed by atoms with van der Waals surface area (Å²) < 4.78 is 60.1. The van der Waals surface area contributed by atoms with Gasteiger partial charge in [0.25, 0.3) is 5.91 Å². The first-order valence-electron chi connectivity index (χ1n) is 5.00. The lowest BCUT2D eigenvalue weighted by molar-refractivity contribution is -0.123. The van der Waals surface area contributed by atoms with E-state index in [9.17, 15) is 26.4 Å². The van der Waals surface area contributed by atoms with Crippen molar-refractivity contribution in [3.8, 4) is 0 Å². The third-order valence-corrected chi connectivity index (χ3v) is 2.51. The van der Waals surface area contributed by atoms with Gasteiger partial charge < -0.3 is 5.32 Å². The number of para-hydroxylation sites is 1. The first-order valence-corrected chi connectivity index (χ1v) is 6.89. The van der Waals surface area contributed by atoms with Crippen LogP contribution in [-0.4, -0.2) is 33.3 Å². The first kappa shape index (κ1) is 15.3. The van der Waals surface area contributed by atoms with Gasteiger partial charge in [-0.25, -0.2) is 8.42 Å². The normalized spacial score (nSPS) is 12.0. The van der Waals surface area contributed by atoms with E-state index >= 15 is 0 Å². The van der Waals surface area contributed by atoms with E-state index in [0.29, 0.717) is 0 Å². The van der Waals surface area contributed by atoms with Gasteiger partial charge in [-0.2, -0.15) is 13.2 Å². The smallest absolute Gasteiger partial charge is 0.343 e. The lowest BCUT2D eigenvalue weighted by Gasteiger charge is -2.12. The Labute approximate surface area is 107 Å². The number of hydrogen-bond donors (Lipinski definition) is 2. The summed E-state index contributed by atoms with van der Waals surface area (Å²) in [5.41, 5.74) is -0.262. The number of benzene rings is 1. The Morgan fingerprint density at radius 3 is 2.37 bits per heavy atom. The van der Waals surface area contributed by atoms with Crippen LogP contribution < -0.4 is 10.0 Å². The number of carbonyl (C=O) groups excluding carboxylic acids is 1. The molecule has 0 bridgehead atoms. The summed E-state index contributed by atoms with van der Waals surface area (Å²) in [6.45, 7) is -1.49. The highest BCUT2D eigenvalue weighted by molar-refractivity contribution is 7.92. The highest BCUT2D eigenvalue weighted by Gasteiger charge is 2.28. The Morgan fingerprint density at radius 1 is 1.26 bits per heavy atom. The van der Waals surface area contributed by atoms with Crippen LogP contribution >= 0.6 is 0 Å². The fourth-order valence-electron chi connectivity index (χ4n) is 1.25. The van der Waals surface area contributed by atoms with Gasteiger partial charge in [0.2, 0.25) is 10.0 Å². The third kappa shape index (κ3) is 5.60. The minimum Gasteiger partial charge on any atom is -0.343 e. The van der Waals surface area contributed by atoms with Gasteiger partial charge in [-0.15, -0.1) is 0 Å². The molecule has 0 saturated carbocycles. The molecular weight excluding hydrogens is 285 g/mol. The molecule has 0 unspecified atom stereocenters. The molecule has 1 amide bonds. The Kier molecular flexibility index (Phi) is 4.40. The van der Waals surface area contributed by atoms with Crippen LogP contribution in [0, 0.1) is 0 Å². The fraction of sp³-hybridized carbons (Fsp3) is 0.300. The zero-order valence-electron chi connectivity index (χ0n) is 9.78. The molecule has 0 heterocycles. The Balaban J connectivity index is 2.91. The predicted molar refractivity (Wildman–Crippen MR) is 63.3 cm³/mol. The minimum absolute atomic E-state index is 0.0790. The number of rotatable bonds is 4. The Hall–Kier alpha value is -1.77. The van der Waals surface area contributed by atoms with E-state index in [-0.39, 0.29) is 11.3 Å². The maximum atomic E-state index is 12.0. The van der Waals surface area contributed by atoms with Crippen LogP contribution in [0.15, 0.2) is 24.3 Å². The average Bonchev–Trinajstić information content (AvgIpc) is 2.23. The van der Waals surface area contributed by atoms with Crippen LogP contribution in [0.5, 0.6) is 0 Å². The van der Waals surface area contributed by atoms with Crippen LogP contribution in [0.4, 0.5) is 18.9 Å². The quantitative estimate of drug-likeness (QED) is 0.880. The van der Waals surface area contributed by atoms with E-state index < -0.39 is 28.7 Å². The summed E-state index contributed by atoms with van der Waals surface area (Å²) in [4.78, 5) is 11.6. The number of nitrogens with one attached hydrogen (secondary N) is 2. The molecule has 2 N–H and O–H groups in total. The zero-order chi connectivity index (χ0) is 14.7. The summed E-state index contributed by atoms with van der Waals surface area (Å²) in [5, 5.41) is 1.67. The molecule has 0 saturated heterocycles. The maximum Gasteiger partial charge on any atom is 0.405 e. The van der Waals surface area contributed by atoms with Crippen molar-refractivity contribution in [1.29, 1.82) is 0 Å².